The van der Waals surface area contributed by atoms with E-state index in [9.17, 15) is 9.59 Å². The number of amides is 2. The Morgan fingerprint density at radius 2 is 1.88 bits per heavy atom. The van der Waals surface area contributed by atoms with Crippen molar-refractivity contribution in [2.75, 3.05) is 20.8 Å². The Hall–Kier alpha value is -3.48. The lowest BCUT2D eigenvalue weighted by Crippen LogP contribution is -2.63. The molecule has 0 bridgehead atoms. The summed E-state index contributed by atoms with van der Waals surface area (Å²) in [6.45, 7) is 7.24. The van der Waals surface area contributed by atoms with E-state index in [-0.39, 0.29) is 18.4 Å². The highest BCUT2D eigenvalue weighted by Crippen LogP contribution is 2.35. The maximum Gasteiger partial charge on any atom is 0.271 e. The minimum atomic E-state index is -1.09. The van der Waals surface area contributed by atoms with E-state index in [1.807, 2.05) is 60.0 Å². The number of hydrogen-bond donors (Lipinski definition) is 1. The van der Waals surface area contributed by atoms with Crippen molar-refractivity contribution in [3.63, 3.8) is 0 Å². The first-order valence-electron chi connectivity index (χ1n) is 11.7. The van der Waals surface area contributed by atoms with Crippen LogP contribution in [0.2, 0.25) is 0 Å². The third kappa shape index (κ3) is 4.22. The molecule has 180 valence electrons. The molecule has 7 nitrogen and oxygen atoms in total. The molecule has 7 heteroatoms. The van der Waals surface area contributed by atoms with Crippen LogP contribution >= 0.6 is 0 Å². The molecule has 0 spiro atoms. The van der Waals surface area contributed by atoms with Crippen LogP contribution in [0.5, 0.6) is 11.5 Å². The number of aromatic nitrogens is 1. The first-order chi connectivity index (χ1) is 16.3. The predicted molar refractivity (Wildman–Crippen MR) is 132 cm³/mol. The molecular weight excluding hydrogens is 430 g/mol. The summed E-state index contributed by atoms with van der Waals surface area (Å²) in [5, 5.41) is 4.06. The van der Waals surface area contributed by atoms with Crippen LogP contribution in [0, 0.1) is 5.92 Å². The molecule has 0 aliphatic carbocycles. The van der Waals surface area contributed by atoms with Crippen LogP contribution in [0.25, 0.3) is 10.9 Å². The largest absolute Gasteiger partial charge is 0.497 e. The molecule has 4 rings (SSSR count). The van der Waals surface area contributed by atoms with E-state index < -0.39 is 5.54 Å². The van der Waals surface area contributed by atoms with Gasteiger partial charge in [0, 0.05) is 23.0 Å². The van der Waals surface area contributed by atoms with Gasteiger partial charge in [-0.15, -0.1) is 0 Å². The smallest absolute Gasteiger partial charge is 0.271 e. The molecule has 0 fully saturated rings. The summed E-state index contributed by atoms with van der Waals surface area (Å²) >= 11 is 0. The van der Waals surface area contributed by atoms with E-state index in [1.165, 1.54) is 0 Å². The van der Waals surface area contributed by atoms with Crippen LogP contribution in [0.3, 0.4) is 0 Å². The standard InChI is InChI=1S/C27H33N3O4/c1-18(2)12-13-28-26(32)27(3)17-29-22-9-7-6-8-19(22)15-23(29)25(31)30(27)16-20-14-21(33-4)10-11-24(20)34-5/h6-11,14-15,18H,12-13,16-17H2,1-5H3,(H,28,32). The van der Waals surface area contributed by atoms with Gasteiger partial charge in [-0.1, -0.05) is 32.0 Å². The van der Waals surface area contributed by atoms with Crippen LogP contribution in [-0.2, 0) is 17.9 Å². The number of methoxy groups -OCH3 is 2. The second-order valence-electron chi connectivity index (χ2n) is 9.46. The van der Waals surface area contributed by atoms with Crippen LogP contribution in [0.1, 0.15) is 43.2 Å². The van der Waals surface area contributed by atoms with Gasteiger partial charge in [-0.3, -0.25) is 9.59 Å². The van der Waals surface area contributed by atoms with Crippen molar-refractivity contribution in [3.05, 3.63) is 59.8 Å². The van der Waals surface area contributed by atoms with Crippen molar-refractivity contribution in [2.24, 2.45) is 5.92 Å². The molecule has 2 aromatic carbocycles. The van der Waals surface area contributed by atoms with Crippen molar-refractivity contribution < 1.29 is 19.1 Å². The summed E-state index contributed by atoms with van der Waals surface area (Å²) in [5.74, 6) is 1.43. The molecule has 0 radical (unpaired) electrons. The normalized spacial score (nSPS) is 17.7. The highest BCUT2D eigenvalue weighted by Gasteiger charge is 2.47. The quantitative estimate of drug-likeness (QED) is 0.543. The molecule has 1 unspecified atom stereocenters. The molecule has 1 aromatic heterocycles. The Labute approximate surface area is 200 Å². The molecule has 0 saturated carbocycles. The van der Waals surface area contributed by atoms with Gasteiger partial charge in [0.25, 0.3) is 5.91 Å². The predicted octanol–water partition coefficient (Wildman–Crippen LogP) is 4.24. The van der Waals surface area contributed by atoms with E-state index in [4.69, 9.17) is 9.47 Å². The zero-order chi connectivity index (χ0) is 24.5. The van der Waals surface area contributed by atoms with Gasteiger partial charge in [-0.05, 0) is 49.6 Å². The summed E-state index contributed by atoms with van der Waals surface area (Å²) < 4.78 is 12.9. The van der Waals surface area contributed by atoms with Crippen molar-refractivity contribution in [2.45, 2.75) is 45.8 Å². The molecular formula is C27H33N3O4. The number of nitrogens with zero attached hydrogens (tertiary/aromatic N) is 2. The van der Waals surface area contributed by atoms with E-state index in [2.05, 4.69) is 19.2 Å². The van der Waals surface area contributed by atoms with Crippen molar-refractivity contribution in [3.8, 4) is 11.5 Å². The first-order valence-corrected chi connectivity index (χ1v) is 11.7. The molecule has 34 heavy (non-hydrogen) atoms. The van der Waals surface area contributed by atoms with E-state index >= 15 is 0 Å². The molecule has 2 heterocycles. The summed E-state index contributed by atoms with van der Waals surface area (Å²) in [5.41, 5.74) is 1.22. The minimum Gasteiger partial charge on any atom is -0.497 e. The van der Waals surface area contributed by atoms with E-state index in [0.29, 0.717) is 36.2 Å². The summed E-state index contributed by atoms with van der Waals surface area (Å²) in [6.07, 6.45) is 0.872. The van der Waals surface area contributed by atoms with Gasteiger partial charge in [-0.25, -0.2) is 0 Å². The van der Waals surface area contributed by atoms with Crippen LogP contribution < -0.4 is 14.8 Å². The van der Waals surface area contributed by atoms with Gasteiger partial charge in [-0.2, -0.15) is 0 Å². The molecule has 0 saturated heterocycles. The third-order valence-corrected chi connectivity index (χ3v) is 6.65. The Kier molecular flexibility index (Phi) is 6.55. The third-order valence-electron chi connectivity index (χ3n) is 6.65. The summed E-state index contributed by atoms with van der Waals surface area (Å²) in [6, 6.07) is 15.3. The molecule has 1 atom stereocenters. The average Bonchev–Trinajstić information content (AvgIpc) is 3.19. The molecule has 3 aromatic rings. The number of hydrogen-bond acceptors (Lipinski definition) is 4. The van der Waals surface area contributed by atoms with Crippen molar-refractivity contribution >= 4 is 22.7 Å². The lowest BCUT2D eigenvalue weighted by atomic mass is 9.93. The van der Waals surface area contributed by atoms with Crippen molar-refractivity contribution in [1.29, 1.82) is 0 Å². The fourth-order valence-electron chi connectivity index (χ4n) is 4.59. The summed E-state index contributed by atoms with van der Waals surface area (Å²) in [4.78, 5) is 29.2. The van der Waals surface area contributed by atoms with Gasteiger partial charge in [0.15, 0.2) is 0 Å². The zero-order valence-corrected chi connectivity index (χ0v) is 20.6. The second-order valence-corrected chi connectivity index (χ2v) is 9.46. The van der Waals surface area contributed by atoms with E-state index in [0.717, 1.165) is 22.9 Å². The number of para-hydroxylation sites is 1. The van der Waals surface area contributed by atoms with Crippen LogP contribution in [0.15, 0.2) is 48.5 Å². The van der Waals surface area contributed by atoms with Gasteiger partial charge in [0.2, 0.25) is 5.91 Å². The molecule has 1 N–H and O–H groups in total. The number of carbonyl (C=O) groups is 2. The van der Waals surface area contributed by atoms with E-state index in [1.54, 1.807) is 19.1 Å². The SMILES string of the molecule is COc1ccc(OC)c(CN2C(=O)c3cc4ccccc4n3CC2(C)C(=O)NCCC(C)C)c1. The fraction of sp³-hybridized carbons (Fsp3) is 0.407. The molecule has 2 amide bonds. The summed E-state index contributed by atoms with van der Waals surface area (Å²) in [7, 11) is 3.20. The Morgan fingerprint density at radius 1 is 1.12 bits per heavy atom. The van der Waals surface area contributed by atoms with Crippen LogP contribution in [0.4, 0.5) is 0 Å². The maximum atomic E-state index is 13.9. The van der Waals surface area contributed by atoms with Gasteiger partial charge >= 0.3 is 0 Å². The fourth-order valence-corrected chi connectivity index (χ4v) is 4.59. The lowest BCUT2D eigenvalue weighted by molar-refractivity contribution is -0.133. The minimum absolute atomic E-state index is 0.160. The lowest BCUT2D eigenvalue weighted by Gasteiger charge is -2.44. The highest BCUT2D eigenvalue weighted by molar-refractivity contribution is 6.03. The average molecular weight is 464 g/mol. The first kappa shape index (κ1) is 23.7. The molecule has 1 aliphatic heterocycles. The highest BCUT2D eigenvalue weighted by atomic mass is 16.5. The van der Waals surface area contributed by atoms with Crippen molar-refractivity contribution in [1.82, 2.24) is 14.8 Å². The monoisotopic (exact) mass is 463 g/mol. The van der Waals surface area contributed by atoms with Gasteiger partial charge in [0.05, 0.1) is 27.3 Å². The topological polar surface area (TPSA) is 72.8 Å². The number of ether oxygens (including phenoxy) is 2. The number of fused-ring (bicyclic) bond motifs is 3. The zero-order valence-electron chi connectivity index (χ0n) is 20.6. The number of rotatable bonds is 8. The second kappa shape index (κ2) is 9.41. The van der Waals surface area contributed by atoms with Crippen LogP contribution in [-0.4, -0.2) is 47.6 Å². The molecule has 1 aliphatic rings. The van der Waals surface area contributed by atoms with Gasteiger partial charge < -0.3 is 24.3 Å². The number of benzene rings is 2. The maximum absolute atomic E-state index is 13.9. The Bertz CT molecular complexity index is 1220. The Morgan fingerprint density at radius 3 is 2.59 bits per heavy atom. The number of carbonyl (C=O) groups excluding carboxylic acids is 2. The van der Waals surface area contributed by atoms with Gasteiger partial charge in [0.1, 0.15) is 22.7 Å². The number of nitrogens with one attached hydrogen (secondary N) is 1. The Balaban J connectivity index is 1.78.